The molecule has 0 saturated heterocycles. The fourth-order valence-electron chi connectivity index (χ4n) is 5.32. The number of halogens is 1. The molecule has 4 nitrogen and oxygen atoms in total. The molecule has 0 radical (unpaired) electrons. The molecule has 1 atom stereocenters. The summed E-state index contributed by atoms with van der Waals surface area (Å²) < 4.78 is 21.7. The Kier molecular flexibility index (Phi) is 5.58. The van der Waals surface area contributed by atoms with Crippen LogP contribution in [0.4, 0.5) is 4.39 Å². The molecule has 160 valence electrons. The van der Waals surface area contributed by atoms with E-state index in [0.717, 1.165) is 42.1 Å². The van der Waals surface area contributed by atoms with E-state index >= 15 is 0 Å². The van der Waals surface area contributed by atoms with Gasteiger partial charge in [-0.3, -0.25) is 4.98 Å². The molecule has 1 unspecified atom stereocenters. The summed E-state index contributed by atoms with van der Waals surface area (Å²) in [5, 5.41) is 13.2. The number of aliphatic hydroxyl groups is 1. The van der Waals surface area contributed by atoms with E-state index in [1.54, 1.807) is 25.4 Å². The number of hydrogen-bond acceptors (Lipinski definition) is 3. The van der Waals surface area contributed by atoms with Crippen molar-refractivity contribution in [2.45, 2.75) is 63.5 Å². The van der Waals surface area contributed by atoms with E-state index in [0.29, 0.717) is 18.7 Å². The number of fused-ring (bicyclic) bond motifs is 1. The second-order valence-electron chi connectivity index (χ2n) is 9.37. The van der Waals surface area contributed by atoms with Gasteiger partial charge in [0.1, 0.15) is 11.6 Å². The van der Waals surface area contributed by atoms with E-state index in [-0.39, 0.29) is 11.7 Å². The summed E-state index contributed by atoms with van der Waals surface area (Å²) in [7, 11) is 1.61. The summed E-state index contributed by atoms with van der Waals surface area (Å²) in [4.78, 5) is 4.27. The third-order valence-electron chi connectivity index (χ3n) is 6.77. The molecule has 30 heavy (non-hydrogen) atoms. The van der Waals surface area contributed by atoms with E-state index in [2.05, 4.69) is 29.5 Å². The molecule has 1 saturated carbocycles. The van der Waals surface area contributed by atoms with Crippen molar-refractivity contribution < 1.29 is 14.2 Å². The highest BCUT2D eigenvalue weighted by atomic mass is 19.1. The zero-order valence-electron chi connectivity index (χ0n) is 18.1. The lowest BCUT2D eigenvalue weighted by Crippen LogP contribution is -2.46. The Morgan fingerprint density at radius 2 is 1.97 bits per heavy atom. The zero-order chi connectivity index (χ0) is 21.4. The Bertz CT molecular complexity index is 1020. The molecule has 1 aliphatic carbocycles. The van der Waals surface area contributed by atoms with Crippen LogP contribution in [0.15, 0.2) is 48.9 Å². The van der Waals surface area contributed by atoms with Gasteiger partial charge in [-0.1, -0.05) is 26.7 Å². The molecule has 3 aromatic rings. The number of rotatable bonds is 7. The second kappa shape index (κ2) is 8.03. The second-order valence-corrected chi connectivity index (χ2v) is 9.37. The van der Waals surface area contributed by atoms with E-state index in [1.807, 2.05) is 18.5 Å². The fourth-order valence-corrected chi connectivity index (χ4v) is 5.32. The quantitative estimate of drug-likeness (QED) is 0.562. The van der Waals surface area contributed by atoms with Crippen LogP contribution >= 0.6 is 0 Å². The Morgan fingerprint density at radius 1 is 1.20 bits per heavy atom. The summed E-state index contributed by atoms with van der Waals surface area (Å²) in [5.74, 6) is 0.585. The SMILES string of the molecule is COc1ccc(F)cc1C(C)(C)CC(O)(Cn1ccc2ccncc21)C1CCCC1. The van der Waals surface area contributed by atoms with Gasteiger partial charge in [-0.05, 0) is 60.9 Å². The lowest BCUT2D eigenvalue weighted by molar-refractivity contribution is -0.0524. The standard InChI is InChI=1S/C25H31FN2O2/c1-24(2,21-14-20(26)8-9-23(21)30-3)16-25(29,19-6-4-5-7-19)17-28-13-11-18-10-12-27-15-22(18)28/h8-15,19,29H,4-7,16-17H2,1-3H3. The monoisotopic (exact) mass is 410 g/mol. The van der Waals surface area contributed by atoms with Crippen LogP contribution in [0.25, 0.3) is 10.9 Å². The molecule has 0 spiro atoms. The molecular formula is C25H31FN2O2. The maximum atomic E-state index is 14.1. The number of aromatic nitrogens is 2. The van der Waals surface area contributed by atoms with Crippen LogP contribution in [0.1, 0.15) is 51.5 Å². The predicted octanol–water partition coefficient (Wildman–Crippen LogP) is 5.47. The lowest BCUT2D eigenvalue weighted by Gasteiger charge is -2.41. The Hall–Kier alpha value is -2.40. The number of benzene rings is 1. The molecule has 0 aliphatic heterocycles. The van der Waals surface area contributed by atoms with Crippen LogP contribution in [0.3, 0.4) is 0 Å². The average molecular weight is 411 g/mol. The van der Waals surface area contributed by atoms with Crippen LogP contribution in [-0.2, 0) is 12.0 Å². The molecule has 1 fully saturated rings. The number of hydrogen-bond donors (Lipinski definition) is 1. The highest BCUT2D eigenvalue weighted by Crippen LogP contribution is 2.45. The summed E-state index contributed by atoms with van der Waals surface area (Å²) in [5.41, 5.74) is 0.431. The largest absolute Gasteiger partial charge is 0.496 e. The van der Waals surface area contributed by atoms with Crippen molar-refractivity contribution in [1.82, 2.24) is 9.55 Å². The van der Waals surface area contributed by atoms with E-state index in [4.69, 9.17) is 4.74 Å². The molecule has 5 heteroatoms. The maximum absolute atomic E-state index is 14.1. The first-order chi connectivity index (χ1) is 14.3. The molecule has 0 bridgehead atoms. The Labute approximate surface area is 177 Å². The van der Waals surface area contributed by atoms with Crippen LogP contribution < -0.4 is 4.74 Å². The van der Waals surface area contributed by atoms with Crippen molar-refractivity contribution >= 4 is 10.9 Å². The predicted molar refractivity (Wildman–Crippen MR) is 117 cm³/mol. The minimum Gasteiger partial charge on any atom is -0.496 e. The number of methoxy groups -OCH3 is 1. The van der Waals surface area contributed by atoms with Gasteiger partial charge in [0, 0.05) is 23.3 Å². The third-order valence-corrected chi connectivity index (χ3v) is 6.77. The highest BCUT2D eigenvalue weighted by Gasteiger charge is 2.44. The smallest absolute Gasteiger partial charge is 0.123 e. The van der Waals surface area contributed by atoms with Gasteiger partial charge in [-0.15, -0.1) is 0 Å². The molecule has 4 rings (SSSR count). The van der Waals surface area contributed by atoms with E-state index in [9.17, 15) is 9.50 Å². The number of nitrogens with zero attached hydrogens (tertiary/aromatic N) is 2. The summed E-state index contributed by atoms with van der Waals surface area (Å²) in [6.07, 6.45) is 10.5. The molecule has 1 N–H and O–H groups in total. The Morgan fingerprint density at radius 3 is 2.70 bits per heavy atom. The van der Waals surface area contributed by atoms with Gasteiger partial charge < -0.3 is 14.4 Å². The van der Waals surface area contributed by atoms with Gasteiger partial charge in [0.2, 0.25) is 0 Å². The molecule has 2 aromatic heterocycles. The molecule has 1 aromatic carbocycles. The van der Waals surface area contributed by atoms with Gasteiger partial charge in [0.05, 0.1) is 31.0 Å². The summed E-state index contributed by atoms with van der Waals surface area (Å²) in [6.45, 7) is 4.63. The first-order valence-electron chi connectivity index (χ1n) is 10.8. The van der Waals surface area contributed by atoms with Crippen LogP contribution in [0.5, 0.6) is 5.75 Å². The average Bonchev–Trinajstić information content (AvgIpc) is 3.39. The van der Waals surface area contributed by atoms with E-state index < -0.39 is 11.0 Å². The molecule has 2 heterocycles. The molecule has 0 amide bonds. The van der Waals surface area contributed by atoms with Crippen molar-refractivity contribution in [3.8, 4) is 5.75 Å². The summed E-state index contributed by atoms with van der Waals surface area (Å²) >= 11 is 0. The van der Waals surface area contributed by atoms with Gasteiger partial charge in [-0.2, -0.15) is 0 Å². The minimum absolute atomic E-state index is 0.213. The van der Waals surface area contributed by atoms with Gasteiger partial charge in [-0.25, -0.2) is 4.39 Å². The highest BCUT2D eigenvalue weighted by molar-refractivity contribution is 5.78. The van der Waals surface area contributed by atoms with Crippen molar-refractivity contribution in [3.63, 3.8) is 0 Å². The van der Waals surface area contributed by atoms with Crippen LogP contribution in [-0.4, -0.2) is 27.4 Å². The molecule has 1 aliphatic rings. The topological polar surface area (TPSA) is 47.3 Å². The van der Waals surface area contributed by atoms with Crippen molar-refractivity contribution in [1.29, 1.82) is 0 Å². The first kappa shape index (κ1) is 20.9. The van der Waals surface area contributed by atoms with Crippen LogP contribution in [0, 0.1) is 11.7 Å². The number of pyridine rings is 1. The molecular weight excluding hydrogens is 379 g/mol. The normalized spacial score (nSPS) is 17.4. The van der Waals surface area contributed by atoms with Gasteiger partial charge >= 0.3 is 0 Å². The van der Waals surface area contributed by atoms with Gasteiger partial charge in [0.25, 0.3) is 0 Å². The Balaban J connectivity index is 1.71. The first-order valence-corrected chi connectivity index (χ1v) is 10.8. The van der Waals surface area contributed by atoms with Crippen molar-refractivity contribution in [3.05, 3.63) is 60.3 Å². The fraction of sp³-hybridized carbons (Fsp3) is 0.480. The minimum atomic E-state index is -0.918. The van der Waals surface area contributed by atoms with Crippen molar-refractivity contribution in [2.75, 3.05) is 7.11 Å². The van der Waals surface area contributed by atoms with Crippen molar-refractivity contribution in [2.24, 2.45) is 5.92 Å². The third kappa shape index (κ3) is 3.95. The summed E-state index contributed by atoms with van der Waals surface area (Å²) in [6, 6.07) is 8.68. The van der Waals surface area contributed by atoms with Crippen LogP contribution in [0.2, 0.25) is 0 Å². The van der Waals surface area contributed by atoms with Gasteiger partial charge in [0.15, 0.2) is 0 Å². The number of ether oxygens (including phenoxy) is 1. The van der Waals surface area contributed by atoms with E-state index in [1.165, 1.54) is 6.07 Å². The maximum Gasteiger partial charge on any atom is 0.123 e. The lowest BCUT2D eigenvalue weighted by atomic mass is 9.70. The zero-order valence-corrected chi connectivity index (χ0v) is 18.1.